The fraction of sp³-hybridized carbons (Fsp3) is 0.635. The fourth-order valence-corrected chi connectivity index (χ4v) is 20.8. The van der Waals surface area contributed by atoms with Crippen LogP contribution in [0.15, 0.2) is 118 Å². The Morgan fingerprint density at radius 3 is 0.966 bits per heavy atom. The fourth-order valence-electron chi connectivity index (χ4n) is 17.2. The van der Waals surface area contributed by atoms with Crippen molar-refractivity contribution in [2.75, 3.05) is 11.5 Å². The van der Waals surface area contributed by atoms with Gasteiger partial charge in [-0.05, 0) is 204 Å². The number of ether oxygens (including phenoxy) is 3. The van der Waals surface area contributed by atoms with E-state index in [4.69, 9.17) is 23.3 Å². The molecule has 3 aromatic rings. The Kier molecular flexibility index (Phi) is 21.4. The third-order valence-electron chi connectivity index (χ3n) is 20.8. The molecule has 3 aromatic carbocycles. The van der Waals surface area contributed by atoms with E-state index in [9.17, 15) is 70.7 Å². The average molecular weight is 1320 g/mol. The van der Waals surface area contributed by atoms with Crippen LogP contribution in [0.5, 0.6) is 0 Å². The second-order valence-electron chi connectivity index (χ2n) is 26.5. The Morgan fingerprint density at radius 2 is 0.739 bits per heavy atom. The van der Waals surface area contributed by atoms with Gasteiger partial charge in [0.2, 0.25) is 0 Å². The van der Waals surface area contributed by atoms with E-state index in [0.29, 0.717) is 78.9 Å². The molecule has 0 saturated heterocycles. The summed E-state index contributed by atoms with van der Waals surface area (Å²) in [5.41, 5.74) is -3.91. The van der Waals surface area contributed by atoms with Crippen LogP contribution in [0.2, 0.25) is 0 Å². The van der Waals surface area contributed by atoms with Crippen LogP contribution < -0.4 is 29.6 Å². The van der Waals surface area contributed by atoms with Crippen molar-refractivity contribution in [2.45, 2.75) is 167 Å². The van der Waals surface area contributed by atoms with E-state index in [-0.39, 0.29) is 58.2 Å². The molecule has 11 unspecified atom stereocenters. The predicted octanol–water partition coefficient (Wildman–Crippen LogP) is 11.3. The summed E-state index contributed by atoms with van der Waals surface area (Å²) in [6.45, 7) is 8.68. The van der Waals surface area contributed by atoms with E-state index >= 15 is 0 Å². The van der Waals surface area contributed by atoms with E-state index in [0.717, 1.165) is 70.6 Å². The van der Waals surface area contributed by atoms with Gasteiger partial charge in [0.1, 0.15) is 22.4 Å². The Hall–Kier alpha value is -3.65. The Balaban J connectivity index is 0.000000152. The molecular weight excluding hydrogens is 1240 g/mol. The molecule has 12 bridgehead atoms. The first-order chi connectivity index (χ1) is 40.5. The third-order valence-corrected chi connectivity index (χ3v) is 24.5. The largest absolute Gasteiger partial charge is 1.00 e. The standard InChI is InChI=1S/C18H15S.2C15H21F3O5S.C15H19F3O2.Na/c1-4-10-16(11-5-1)19(17-12-6-2-7-13-17)18-14-8-3-9-15-18;2*1-8-11-3-9-2-10(4-11)6-14(8,5-9)23-13(19)12(15(16,17)18)7-24(20,21)22;1-8-12-4-10-3-11(5-12)7-14(8,6-10)20-13(19)9(2)15(16,17)18;/h1-15H;2*8-12H,2-7H2,1H3,(H,20,21,22);8,10-12H,2-7H2,1H3;/q+1;;;;+1. The molecule has 0 amide bonds. The zero-order valence-electron chi connectivity index (χ0n) is 49.6. The first kappa shape index (κ1) is 70.2. The maximum atomic E-state index is 13.1. The van der Waals surface area contributed by atoms with Gasteiger partial charge in [-0.15, -0.1) is 0 Å². The van der Waals surface area contributed by atoms with Crippen molar-refractivity contribution in [3.05, 3.63) is 103 Å². The van der Waals surface area contributed by atoms with Crippen LogP contribution in [0, 0.1) is 82.9 Å². The summed E-state index contributed by atoms with van der Waals surface area (Å²) in [5, 5.41) is 0. The van der Waals surface area contributed by atoms with Crippen LogP contribution in [-0.2, 0) is 59.7 Å². The van der Waals surface area contributed by atoms with Crippen LogP contribution in [0.3, 0.4) is 0 Å². The molecule has 12 saturated carbocycles. The van der Waals surface area contributed by atoms with Gasteiger partial charge < -0.3 is 14.2 Å². The van der Waals surface area contributed by atoms with Gasteiger partial charge in [0.05, 0.1) is 22.4 Å². The molecule has 2 N–H and O–H groups in total. The van der Waals surface area contributed by atoms with Gasteiger partial charge in [0.25, 0.3) is 20.2 Å². The molecule has 12 nitrogen and oxygen atoms in total. The van der Waals surface area contributed by atoms with Gasteiger partial charge in [0.15, 0.2) is 26.5 Å². The minimum absolute atomic E-state index is 0. The number of carbonyl (C=O) groups excluding carboxylic acids is 3. The van der Waals surface area contributed by atoms with Gasteiger partial charge in [-0.1, -0.05) is 81.9 Å². The molecule has 12 aliphatic rings. The SMILES string of the molecule is C=C(C(=O)OC12CC3CC(CC(C3)C1C)C2)C(F)(F)F.CC1C2CC3CC(C2)CC1(OC(=O)C(CS(=O)(=O)O)C(F)(F)F)C3.CC1C2CC3CC(C2)CC1(OC(=O)C(CS(=O)(=O)O)C(F)(F)F)C3.[Na+].c1ccc([S+](c2ccccc2)c2ccccc2)cc1. The Bertz CT molecular complexity index is 2940. The monoisotopic (exact) mass is 1310 g/mol. The van der Waals surface area contributed by atoms with Gasteiger partial charge in [-0.3, -0.25) is 18.7 Å². The quantitative estimate of drug-likeness (QED) is 0.0314. The van der Waals surface area contributed by atoms with Gasteiger partial charge in [0, 0.05) is 0 Å². The molecule has 0 radical (unpaired) electrons. The van der Waals surface area contributed by atoms with Crippen molar-refractivity contribution in [2.24, 2.45) is 82.9 Å². The summed E-state index contributed by atoms with van der Waals surface area (Å²) in [4.78, 5) is 40.2. The molecule has 0 aromatic heterocycles. The topological polar surface area (TPSA) is 188 Å². The van der Waals surface area contributed by atoms with Crippen LogP contribution >= 0.6 is 0 Å². The number of hydrogen-bond acceptors (Lipinski definition) is 10. The van der Waals surface area contributed by atoms with Crippen LogP contribution in [0.4, 0.5) is 39.5 Å². The van der Waals surface area contributed by atoms with Crippen molar-refractivity contribution in [3.63, 3.8) is 0 Å². The minimum Gasteiger partial charge on any atom is -0.458 e. The van der Waals surface area contributed by atoms with Crippen LogP contribution in [0.1, 0.15) is 117 Å². The van der Waals surface area contributed by atoms with Crippen molar-refractivity contribution in [1.29, 1.82) is 0 Å². The minimum atomic E-state index is -5.08. The summed E-state index contributed by atoms with van der Waals surface area (Å²) in [6.07, 6.45) is -1.72. The third kappa shape index (κ3) is 16.2. The molecule has 25 heteroatoms. The molecule has 0 heterocycles. The molecular formula is C63H76F9NaO12S3+2. The second-order valence-corrected chi connectivity index (χ2v) is 31.5. The summed E-state index contributed by atoms with van der Waals surface area (Å²) < 4.78 is 193. The second kappa shape index (κ2) is 26.8. The van der Waals surface area contributed by atoms with Gasteiger partial charge >= 0.3 is 66.0 Å². The van der Waals surface area contributed by atoms with E-state index < -0.39 is 102 Å². The average Bonchev–Trinajstić information content (AvgIpc) is 0.775. The zero-order valence-corrected chi connectivity index (χ0v) is 54.0. The smallest absolute Gasteiger partial charge is 0.458 e. The Labute approximate surface area is 533 Å². The normalized spacial score (nSPS) is 33.6. The number of esters is 3. The summed E-state index contributed by atoms with van der Waals surface area (Å²) >= 11 is 0. The van der Waals surface area contributed by atoms with E-state index in [1.54, 1.807) is 0 Å². The number of alkyl halides is 9. The molecule has 12 aliphatic carbocycles. The molecule has 0 aliphatic heterocycles. The first-order valence-electron chi connectivity index (χ1n) is 29.8. The first-order valence-corrected chi connectivity index (χ1v) is 34.3. The van der Waals surface area contributed by atoms with E-state index in [2.05, 4.69) is 97.6 Å². The molecule has 15 rings (SSSR count). The maximum Gasteiger partial charge on any atom is 1.00 e. The molecule has 0 spiro atoms. The van der Waals surface area contributed by atoms with Crippen molar-refractivity contribution in [1.82, 2.24) is 0 Å². The summed E-state index contributed by atoms with van der Waals surface area (Å²) in [7, 11) is -9.92. The van der Waals surface area contributed by atoms with Gasteiger partial charge in [-0.25, -0.2) is 4.79 Å². The Morgan fingerprint density at radius 1 is 0.489 bits per heavy atom. The molecule has 480 valence electrons. The molecule has 88 heavy (non-hydrogen) atoms. The maximum absolute atomic E-state index is 13.1. The van der Waals surface area contributed by atoms with Crippen LogP contribution in [0.25, 0.3) is 0 Å². The van der Waals surface area contributed by atoms with Crippen molar-refractivity contribution in [3.8, 4) is 0 Å². The van der Waals surface area contributed by atoms with E-state index in [1.165, 1.54) is 14.7 Å². The number of benzene rings is 3. The summed E-state index contributed by atoms with van der Waals surface area (Å²) in [5.74, 6) is -9.85. The van der Waals surface area contributed by atoms with Crippen LogP contribution in [-0.4, -0.2) is 90.7 Å². The summed E-state index contributed by atoms with van der Waals surface area (Å²) in [6, 6.07) is 32.2. The van der Waals surface area contributed by atoms with Crippen molar-refractivity contribution < 1.29 is 124 Å². The number of carbonyl (C=O) groups is 3. The van der Waals surface area contributed by atoms with Gasteiger partial charge in [-0.2, -0.15) is 56.3 Å². The number of rotatable bonds is 13. The van der Waals surface area contributed by atoms with Crippen molar-refractivity contribution >= 4 is 49.0 Å². The molecule has 11 atom stereocenters. The number of halogens is 9. The zero-order chi connectivity index (χ0) is 63.5. The number of hydrogen-bond donors (Lipinski definition) is 2. The predicted molar refractivity (Wildman–Crippen MR) is 303 cm³/mol. The van der Waals surface area contributed by atoms with E-state index in [1.807, 2.05) is 20.8 Å². The molecule has 12 fully saturated rings.